The van der Waals surface area contributed by atoms with E-state index < -0.39 is 0 Å². The molecule has 2 amide bonds. The molecule has 0 aromatic heterocycles. The molecule has 1 aliphatic rings. The Labute approximate surface area is 86.5 Å². The van der Waals surface area contributed by atoms with Crippen molar-refractivity contribution < 1.29 is 4.79 Å². The zero-order valence-corrected chi connectivity index (χ0v) is 9.66. The first-order valence-corrected chi connectivity index (χ1v) is 5.15. The van der Waals surface area contributed by atoms with E-state index in [0.717, 1.165) is 13.1 Å². The van der Waals surface area contributed by atoms with Crippen LogP contribution >= 0.6 is 0 Å². The summed E-state index contributed by atoms with van der Waals surface area (Å²) < 4.78 is 0. The van der Waals surface area contributed by atoms with Gasteiger partial charge in [-0.05, 0) is 26.4 Å². The van der Waals surface area contributed by atoms with E-state index in [1.54, 1.807) is 23.9 Å². The molecule has 1 fully saturated rings. The maximum Gasteiger partial charge on any atom is 0.319 e. The van der Waals surface area contributed by atoms with Crippen LogP contribution in [0, 0.1) is 0 Å². The molecule has 1 atom stereocenters. The maximum atomic E-state index is 11.6. The van der Waals surface area contributed by atoms with Gasteiger partial charge in [-0.15, -0.1) is 0 Å². The number of nitrogens with zero attached hydrogens (tertiary/aromatic N) is 3. The quantitative estimate of drug-likeness (QED) is 0.654. The van der Waals surface area contributed by atoms with Crippen molar-refractivity contribution in [2.45, 2.75) is 18.9 Å². The smallest absolute Gasteiger partial charge is 0.319 e. The molecule has 14 heavy (non-hydrogen) atoms. The standard InChI is InChI=1S/C10H21N3O/c1-11(2)10(14)13(4)8-9-6-5-7-12(9)3/h9H,5-8H2,1-4H3. The van der Waals surface area contributed by atoms with E-state index >= 15 is 0 Å². The Morgan fingerprint density at radius 1 is 1.43 bits per heavy atom. The van der Waals surface area contributed by atoms with Gasteiger partial charge in [0.25, 0.3) is 0 Å². The van der Waals surface area contributed by atoms with Crippen LogP contribution in [0.5, 0.6) is 0 Å². The summed E-state index contributed by atoms with van der Waals surface area (Å²) in [6.45, 7) is 2.00. The Kier molecular flexibility index (Phi) is 3.75. The average Bonchev–Trinajstić information content (AvgIpc) is 2.50. The van der Waals surface area contributed by atoms with Gasteiger partial charge in [0.1, 0.15) is 0 Å². The summed E-state index contributed by atoms with van der Waals surface area (Å²) in [5.74, 6) is 0. The van der Waals surface area contributed by atoms with Gasteiger partial charge in [0, 0.05) is 33.7 Å². The van der Waals surface area contributed by atoms with E-state index in [0.29, 0.717) is 6.04 Å². The molecule has 0 bridgehead atoms. The minimum atomic E-state index is 0.0882. The molecule has 82 valence electrons. The lowest BCUT2D eigenvalue weighted by Gasteiger charge is -2.27. The highest BCUT2D eigenvalue weighted by Crippen LogP contribution is 2.15. The van der Waals surface area contributed by atoms with Crippen LogP contribution in [0.1, 0.15) is 12.8 Å². The number of hydrogen-bond acceptors (Lipinski definition) is 2. The first-order chi connectivity index (χ1) is 6.52. The van der Waals surface area contributed by atoms with Gasteiger partial charge in [0.15, 0.2) is 0 Å². The SMILES string of the molecule is CN(C)C(=O)N(C)CC1CCCN1C. The van der Waals surface area contributed by atoms with Crippen LogP contribution < -0.4 is 0 Å². The van der Waals surface area contributed by atoms with E-state index in [2.05, 4.69) is 11.9 Å². The summed E-state index contributed by atoms with van der Waals surface area (Å²) >= 11 is 0. The van der Waals surface area contributed by atoms with Gasteiger partial charge in [0.05, 0.1) is 0 Å². The molecular weight excluding hydrogens is 178 g/mol. The van der Waals surface area contributed by atoms with Crippen LogP contribution in [-0.4, -0.2) is 68.1 Å². The summed E-state index contributed by atoms with van der Waals surface area (Å²) in [4.78, 5) is 17.3. The Hall–Kier alpha value is -0.770. The summed E-state index contributed by atoms with van der Waals surface area (Å²) in [6, 6.07) is 0.634. The van der Waals surface area contributed by atoms with Gasteiger partial charge in [-0.1, -0.05) is 0 Å². The molecule has 1 aliphatic heterocycles. The Morgan fingerprint density at radius 2 is 2.07 bits per heavy atom. The molecule has 1 heterocycles. The minimum Gasteiger partial charge on any atom is -0.331 e. The Bertz CT molecular complexity index is 206. The fraction of sp³-hybridized carbons (Fsp3) is 0.900. The normalized spacial score (nSPS) is 22.4. The van der Waals surface area contributed by atoms with Gasteiger partial charge in [-0.2, -0.15) is 0 Å². The van der Waals surface area contributed by atoms with Crippen molar-refractivity contribution in [3.05, 3.63) is 0 Å². The summed E-state index contributed by atoms with van der Waals surface area (Å²) in [5.41, 5.74) is 0. The van der Waals surface area contributed by atoms with Gasteiger partial charge < -0.3 is 14.7 Å². The number of urea groups is 1. The Balaban J connectivity index is 2.39. The van der Waals surface area contributed by atoms with E-state index in [-0.39, 0.29) is 6.03 Å². The minimum absolute atomic E-state index is 0.0882. The summed E-state index contributed by atoms with van der Waals surface area (Å²) in [7, 11) is 7.58. The van der Waals surface area contributed by atoms with E-state index in [1.165, 1.54) is 12.8 Å². The lowest BCUT2D eigenvalue weighted by molar-refractivity contribution is 0.166. The van der Waals surface area contributed by atoms with Gasteiger partial charge >= 0.3 is 6.03 Å². The van der Waals surface area contributed by atoms with Crippen molar-refractivity contribution in [1.82, 2.24) is 14.7 Å². The van der Waals surface area contributed by atoms with Crippen LogP contribution in [0.3, 0.4) is 0 Å². The van der Waals surface area contributed by atoms with Gasteiger partial charge in [-0.25, -0.2) is 4.79 Å². The highest BCUT2D eigenvalue weighted by Gasteiger charge is 2.24. The fourth-order valence-corrected chi connectivity index (χ4v) is 1.95. The molecular formula is C10H21N3O. The zero-order chi connectivity index (χ0) is 10.7. The van der Waals surface area contributed by atoms with Crippen LogP contribution in [0.25, 0.3) is 0 Å². The fourth-order valence-electron chi connectivity index (χ4n) is 1.95. The van der Waals surface area contributed by atoms with Crippen molar-refractivity contribution in [2.75, 3.05) is 41.3 Å². The first-order valence-electron chi connectivity index (χ1n) is 5.15. The first kappa shape index (κ1) is 11.3. The van der Waals surface area contributed by atoms with Gasteiger partial charge in [0.2, 0.25) is 0 Å². The number of hydrogen-bond donors (Lipinski definition) is 0. The topological polar surface area (TPSA) is 26.8 Å². The molecule has 0 aromatic carbocycles. The van der Waals surface area contributed by atoms with E-state index in [4.69, 9.17) is 0 Å². The molecule has 0 N–H and O–H groups in total. The number of likely N-dealkylation sites (N-methyl/N-ethyl adjacent to an activating group) is 2. The second-order valence-electron chi connectivity index (χ2n) is 4.33. The highest BCUT2D eigenvalue weighted by atomic mass is 16.2. The number of carbonyl (C=O) groups excluding carboxylic acids is 1. The van der Waals surface area contributed by atoms with Crippen LogP contribution in [0.15, 0.2) is 0 Å². The van der Waals surface area contributed by atoms with E-state index in [9.17, 15) is 4.79 Å². The molecule has 4 nitrogen and oxygen atoms in total. The second-order valence-corrected chi connectivity index (χ2v) is 4.33. The Morgan fingerprint density at radius 3 is 2.50 bits per heavy atom. The molecule has 0 spiro atoms. The monoisotopic (exact) mass is 199 g/mol. The highest BCUT2D eigenvalue weighted by molar-refractivity contribution is 5.73. The van der Waals surface area contributed by atoms with E-state index in [1.807, 2.05) is 7.05 Å². The molecule has 1 saturated heterocycles. The molecule has 0 aromatic rings. The number of amides is 2. The molecule has 1 rings (SSSR count). The van der Waals surface area contributed by atoms with Crippen LogP contribution in [0.2, 0.25) is 0 Å². The van der Waals surface area contributed by atoms with Crippen molar-refractivity contribution in [3.63, 3.8) is 0 Å². The number of carbonyl (C=O) groups is 1. The predicted molar refractivity (Wildman–Crippen MR) is 57.4 cm³/mol. The number of rotatable bonds is 2. The van der Waals surface area contributed by atoms with Crippen LogP contribution in [-0.2, 0) is 0 Å². The lowest BCUT2D eigenvalue weighted by Crippen LogP contribution is -2.43. The molecule has 0 aliphatic carbocycles. The van der Waals surface area contributed by atoms with Crippen molar-refractivity contribution in [2.24, 2.45) is 0 Å². The molecule has 0 saturated carbocycles. The third-order valence-electron chi connectivity index (χ3n) is 2.87. The molecule has 4 heteroatoms. The van der Waals surface area contributed by atoms with Crippen molar-refractivity contribution in [3.8, 4) is 0 Å². The van der Waals surface area contributed by atoms with Crippen LogP contribution in [0.4, 0.5) is 4.79 Å². The van der Waals surface area contributed by atoms with Crippen molar-refractivity contribution in [1.29, 1.82) is 0 Å². The maximum absolute atomic E-state index is 11.6. The molecule has 0 radical (unpaired) electrons. The second kappa shape index (κ2) is 4.64. The third-order valence-corrected chi connectivity index (χ3v) is 2.87. The lowest BCUT2D eigenvalue weighted by atomic mass is 10.2. The summed E-state index contributed by atoms with van der Waals surface area (Å²) in [6.07, 6.45) is 2.46. The van der Waals surface area contributed by atoms with Gasteiger partial charge in [-0.3, -0.25) is 0 Å². The average molecular weight is 199 g/mol. The molecule has 1 unspecified atom stereocenters. The predicted octanol–water partition coefficient (Wildman–Crippen LogP) is 0.694. The van der Waals surface area contributed by atoms with Crippen molar-refractivity contribution >= 4 is 6.03 Å². The third kappa shape index (κ3) is 2.61. The largest absolute Gasteiger partial charge is 0.331 e. The zero-order valence-electron chi connectivity index (χ0n) is 9.66. The number of likely N-dealkylation sites (tertiary alicyclic amines) is 1. The summed E-state index contributed by atoms with van der Waals surface area (Å²) in [5, 5.41) is 0.